The zero-order valence-corrected chi connectivity index (χ0v) is 15.1. The summed E-state index contributed by atoms with van der Waals surface area (Å²) in [5, 5.41) is 4.91. The number of rotatable bonds is 4. The monoisotopic (exact) mass is 360 g/mol. The van der Waals surface area contributed by atoms with E-state index in [4.69, 9.17) is 4.74 Å². The van der Waals surface area contributed by atoms with Gasteiger partial charge in [-0.1, -0.05) is 30.3 Å². The maximum absolute atomic E-state index is 12.9. The maximum atomic E-state index is 12.9. The van der Waals surface area contributed by atoms with Crippen LogP contribution in [-0.2, 0) is 4.79 Å². The summed E-state index contributed by atoms with van der Waals surface area (Å²) in [7, 11) is 1.56. The Labute approximate surface area is 157 Å². The van der Waals surface area contributed by atoms with Gasteiger partial charge in [0.05, 0.1) is 12.7 Å². The first kappa shape index (κ1) is 17.1. The molecule has 4 rings (SSSR count). The Hall–Kier alpha value is -3.34. The number of nitrogens with one attached hydrogen (secondary N) is 1. The molecule has 1 aliphatic heterocycles. The van der Waals surface area contributed by atoms with Gasteiger partial charge in [-0.05, 0) is 47.5 Å². The fourth-order valence-electron chi connectivity index (χ4n) is 3.44. The second kappa shape index (κ2) is 7.11. The van der Waals surface area contributed by atoms with E-state index >= 15 is 0 Å². The van der Waals surface area contributed by atoms with E-state index in [0.717, 1.165) is 22.9 Å². The molecule has 0 spiro atoms. The molecule has 0 aromatic heterocycles. The molecule has 1 aliphatic rings. The standard InChI is InChI=1S/C22H20N2O3/c1-27-20-13-16-7-3-2-6-15(16)12-19(20)22(26)23-17-8-4-9-18(14-17)24-11-5-10-21(24)25/h2-4,6-9,12-14H,5,10-11H2,1H3,(H,23,26). The van der Waals surface area contributed by atoms with E-state index in [-0.39, 0.29) is 11.8 Å². The van der Waals surface area contributed by atoms with Gasteiger partial charge in [0.1, 0.15) is 5.75 Å². The molecule has 3 aromatic rings. The molecule has 3 aromatic carbocycles. The van der Waals surface area contributed by atoms with Gasteiger partial charge in [0.2, 0.25) is 5.91 Å². The van der Waals surface area contributed by atoms with E-state index in [1.54, 1.807) is 12.0 Å². The van der Waals surface area contributed by atoms with Crippen molar-refractivity contribution in [1.29, 1.82) is 0 Å². The quantitative estimate of drug-likeness (QED) is 0.757. The highest BCUT2D eigenvalue weighted by atomic mass is 16.5. The fourth-order valence-corrected chi connectivity index (χ4v) is 3.44. The zero-order chi connectivity index (χ0) is 18.8. The third kappa shape index (κ3) is 3.36. The second-order valence-electron chi connectivity index (χ2n) is 6.55. The minimum Gasteiger partial charge on any atom is -0.496 e. The molecule has 1 saturated heterocycles. The van der Waals surface area contributed by atoms with Crippen LogP contribution in [0.25, 0.3) is 10.8 Å². The van der Waals surface area contributed by atoms with Crippen LogP contribution in [0.1, 0.15) is 23.2 Å². The van der Waals surface area contributed by atoms with E-state index in [9.17, 15) is 9.59 Å². The second-order valence-corrected chi connectivity index (χ2v) is 6.55. The van der Waals surface area contributed by atoms with Crippen LogP contribution in [0, 0.1) is 0 Å². The number of carbonyl (C=O) groups is 2. The van der Waals surface area contributed by atoms with Crippen molar-refractivity contribution in [3.8, 4) is 5.75 Å². The average molecular weight is 360 g/mol. The largest absolute Gasteiger partial charge is 0.496 e. The molecule has 1 heterocycles. The maximum Gasteiger partial charge on any atom is 0.259 e. The number of methoxy groups -OCH3 is 1. The number of fused-ring (bicyclic) bond motifs is 1. The molecule has 0 aliphatic carbocycles. The molecule has 0 bridgehead atoms. The van der Waals surface area contributed by atoms with Gasteiger partial charge < -0.3 is 15.0 Å². The topological polar surface area (TPSA) is 58.6 Å². The molecule has 136 valence electrons. The van der Waals surface area contributed by atoms with Gasteiger partial charge in [-0.25, -0.2) is 0 Å². The highest BCUT2D eigenvalue weighted by Crippen LogP contribution is 2.28. The number of hydrogen-bond donors (Lipinski definition) is 1. The van der Waals surface area contributed by atoms with Gasteiger partial charge in [-0.2, -0.15) is 0 Å². The Morgan fingerprint density at radius 3 is 2.52 bits per heavy atom. The average Bonchev–Trinajstić information content (AvgIpc) is 3.13. The molecule has 0 saturated carbocycles. The van der Waals surface area contributed by atoms with Gasteiger partial charge in [0.25, 0.3) is 5.91 Å². The lowest BCUT2D eigenvalue weighted by atomic mass is 10.1. The molecule has 5 heteroatoms. The van der Waals surface area contributed by atoms with Crippen molar-refractivity contribution in [2.75, 3.05) is 23.9 Å². The normalized spacial score (nSPS) is 13.8. The van der Waals surface area contributed by atoms with Crippen LogP contribution in [-0.4, -0.2) is 25.5 Å². The molecular formula is C22H20N2O3. The Bertz CT molecular complexity index is 1030. The lowest BCUT2D eigenvalue weighted by molar-refractivity contribution is -0.117. The first-order valence-electron chi connectivity index (χ1n) is 8.94. The van der Waals surface area contributed by atoms with Crippen molar-refractivity contribution < 1.29 is 14.3 Å². The summed E-state index contributed by atoms with van der Waals surface area (Å²) in [6, 6.07) is 18.9. The van der Waals surface area contributed by atoms with Crippen molar-refractivity contribution in [1.82, 2.24) is 0 Å². The third-order valence-electron chi connectivity index (χ3n) is 4.80. The molecule has 1 N–H and O–H groups in total. The molecule has 0 radical (unpaired) electrons. The summed E-state index contributed by atoms with van der Waals surface area (Å²) in [5.41, 5.74) is 1.92. The number of amides is 2. The summed E-state index contributed by atoms with van der Waals surface area (Å²) >= 11 is 0. The van der Waals surface area contributed by atoms with Gasteiger partial charge >= 0.3 is 0 Å². The predicted octanol–water partition coefficient (Wildman–Crippen LogP) is 4.23. The van der Waals surface area contributed by atoms with Crippen molar-refractivity contribution >= 4 is 34.0 Å². The van der Waals surface area contributed by atoms with Gasteiger partial charge in [0.15, 0.2) is 0 Å². The Balaban J connectivity index is 1.62. The summed E-state index contributed by atoms with van der Waals surface area (Å²) in [5.74, 6) is 0.397. The Morgan fingerprint density at radius 1 is 1.04 bits per heavy atom. The van der Waals surface area contributed by atoms with E-state index in [1.165, 1.54) is 0 Å². The molecule has 1 fully saturated rings. The van der Waals surface area contributed by atoms with Crippen LogP contribution >= 0.6 is 0 Å². The molecule has 27 heavy (non-hydrogen) atoms. The zero-order valence-electron chi connectivity index (χ0n) is 15.1. The highest BCUT2D eigenvalue weighted by molar-refractivity contribution is 6.09. The number of nitrogens with zero attached hydrogens (tertiary/aromatic N) is 1. The van der Waals surface area contributed by atoms with E-state index in [2.05, 4.69) is 5.32 Å². The van der Waals surface area contributed by atoms with E-state index in [1.807, 2.05) is 60.7 Å². The Kier molecular flexibility index (Phi) is 4.50. The number of carbonyl (C=O) groups excluding carboxylic acids is 2. The summed E-state index contributed by atoms with van der Waals surface area (Å²) in [4.78, 5) is 26.6. The lowest BCUT2D eigenvalue weighted by Crippen LogP contribution is -2.23. The van der Waals surface area contributed by atoms with Gasteiger partial charge in [-0.3, -0.25) is 9.59 Å². The smallest absolute Gasteiger partial charge is 0.259 e. The summed E-state index contributed by atoms with van der Waals surface area (Å²) < 4.78 is 5.42. The van der Waals surface area contributed by atoms with Gasteiger partial charge in [-0.15, -0.1) is 0 Å². The molecule has 0 unspecified atom stereocenters. The number of hydrogen-bond acceptors (Lipinski definition) is 3. The molecular weight excluding hydrogens is 340 g/mol. The van der Waals surface area contributed by atoms with Crippen LogP contribution in [0.5, 0.6) is 5.75 Å². The van der Waals surface area contributed by atoms with Crippen molar-refractivity contribution in [3.05, 3.63) is 66.2 Å². The SMILES string of the molecule is COc1cc2ccccc2cc1C(=O)Nc1cccc(N2CCCC2=O)c1. The third-order valence-corrected chi connectivity index (χ3v) is 4.80. The highest BCUT2D eigenvalue weighted by Gasteiger charge is 2.22. The van der Waals surface area contributed by atoms with E-state index in [0.29, 0.717) is 30.0 Å². The van der Waals surface area contributed by atoms with Crippen molar-refractivity contribution in [2.45, 2.75) is 12.8 Å². The Morgan fingerprint density at radius 2 is 1.81 bits per heavy atom. The molecule has 2 amide bonds. The van der Waals surface area contributed by atoms with E-state index < -0.39 is 0 Å². The van der Waals surface area contributed by atoms with Crippen molar-refractivity contribution in [3.63, 3.8) is 0 Å². The molecule has 0 atom stereocenters. The number of ether oxygens (including phenoxy) is 1. The first-order valence-corrected chi connectivity index (χ1v) is 8.94. The minimum atomic E-state index is -0.248. The van der Waals surface area contributed by atoms with Crippen LogP contribution < -0.4 is 15.0 Å². The first-order chi connectivity index (χ1) is 13.2. The fraction of sp³-hybridized carbons (Fsp3) is 0.182. The van der Waals surface area contributed by atoms with Crippen LogP contribution in [0.4, 0.5) is 11.4 Å². The summed E-state index contributed by atoms with van der Waals surface area (Å²) in [6.07, 6.45) is 1.44. The minimum absolute atomic E-state index is 0.120. The summed E-state index contributed by atoms with van der Waals surface area (Å²) in [6.45, 7) is 0.717. The number of anilines is 2. The lowest BCUT2D eigenvalue weighted by Gasteiger charge is -2.17. The van der Waals surface area contributed by atoms with Crippen LogP contribution in [0.2, 0.25) is 0 Å². The van der Waals surface area contributed by atoms with Crippen molar-refractivity contribution in [2.24, 2.45) is 0 Å². The number of benzene rings is 3. The van der Waals surface area contributed by atoms with Crippen LogP contribution in [0.3, 0.4) is 0 Å². The predicted molar refractivity (Wildman–Crippen MR) is 106 cm³/mol. The van der Waals surface area contributed by atoms with Gasteiger partial charge in [0, 0.05) is 24.3 Å². The van der Waals surface area contributed by atoms with Crippen LogP contribution in [0.15, 0.2) is 60.7 Å². The molecule has 5 nitrogen and oxygen atoms in total.